The number of aromatic nitrogens is 3. The molecule has 0 aliphatic carbocycles. The number of ether oxygens (including phenoxy) is 1. The van der Waals surface area contributed by atoms with Gasteiger partial charge in [-0.25, -0.2) is 4.68 Å². The number of benzene rings is 1. The molecule has 2 aromatic rings. The van der Waals surface area contributed by atoms with E-state index in [1.165, 1.54) is 55.9 Å². The molecular formula is C18H25ClN4O. The number of unbranched alkanes of at least 4 members (excludes halogenated alkanes) is 6. The van der Waals surface area contributed by atoms with Gasteiger partial charge in [0.1, 0.15) is 18.4 Å². The summed E-state index contributed by atoms with van der Waals surface area (Å²) in [5, 5.41) is 12.2. The zero-order valence-electron chi connectivity index (χ0n) is 14.2. The van der Waals surface area contributed by atoms with Crippen LogP contribution < -0.4 is 4.74 Å². The largest absolute Gasteiger partial charge is 0.492 e. The highest BCUT2D eigenvalue weighted by Gasteiger charge is 2.02. The molecule has 0 amide bonds. The zero-order valence-corrected chi connectivity index (χ0v) is 15.0. The van der Waals surface area contributed by atoms with Crippen molar-refractivity contribution in [3.8, 4) is 5.75 Å². The molecule has 1 aromatic heterocycles. The van der Waals surface area contributed by atoms with Crippen LogP contribution in [0.3, 0.4) is 0 Å². The summed E-state index contributed by atoms with van der Waals surface area (Å²) in [6, 6.07) is 5.66. The second kappa shape index (κ2) is 10.8. The number of hydrogen-bond acceptors (Lipinski definition) is 4. The molecule has 6 heteroatoms. The minimum atomic E-state index is 0.602. The van der Waals surface area contributed by atoms with Crippen molar-refractivity contribution in [2.75, 3.05) is 6.61 Å². The van der Waals surface area contributed by atoms with Crippen LogP contribution in [-0.2, 0) is 0 Å². The van der Waals surface area contributed by atoms with Gasteiger partial charge in [-0.05, 0) is 30.2 Å². The first-order valence-electron chi connectivity index (χ1n) is 8.61. The average Bonchev–Trinajstić information content (AvgIpc) is 3.10. The Bertz CT molecular complexity index is 613. The molecule has 0 aliphatic rings. The van der Waals surface area contributed by atoms with Crippen molar-refractivity contribution in [2.45, 2.75) is 51.9 Å². The Morgan fingerprint density at radius 1 is 1.08 bits per heavy atom. The van der Waals surface area contributed by atoms with E-state index >= 15 is 0 Å². The van der Waals surface area contributed by atoms with E-state index in [4.69, 9.17) is 16.3 Å². The number of halogens is 1. The summed E-state index contributed by atoms with van der Waals surface area (Å²) >= 11 is 6.27. The fraction of sp³-hybridized carbons (Fsp3) is 0.500. The van der Waals surface area contributed by atoms with Crippen LogP contribution in [0.4, 0.5) is 0 Å². The molecule has 2 rings (SSSR count). The van der Waals surface area contributed by atoms with Crippen LogP contribution in [0.1, 0.15) is 57.4 Å². The summed E-state index contributed by atoms with van der Waals surface area (Å²) in [5.41, 5.74) is 0.900. The van der Waals surface area contributed by atoms with E-state index in [1.807, 2.05) is 18.2 Å². The minimum Gasteiger partial charge on any atom is -0.492 e. The van der Waals surface area contributed by atoms with Gasteiger partial charge in [-0.2, -0.15) is 5.10 Å². The summed E-state index contributed by atoms with van der Waals surface area (Å²) in [6.07, 6.45) is 13.6. The Morgan fingerprint density at radius 3 is 2.50 bits per heavy atom. The van der Waals surface area contributed by atoms with Crippen LogP contribution in [0.25, 0.3) is 0 Å². The van der Waals surface area contributed by atoms with Crippen LogP contribution in [0.2, 0.25) is 5.02 Å². The molecule has 0 unspecified atom stereocenters. The third-order valence-electron chi connectivity index (χ3n) is 3.71. The molecule has 130 valence electrons. The smallest absolute Gasteiger partial charge is 0.141 e. The topological polar surface area (TPSA) is 52.3 Å². The Labute approximate surface area is 148 Å². The van der Waals surface area contributed by atoms with Crippen LogP contribution in [0.15, 0.2) is 36.0 Å². The van der Waals surface area contributed by atoms with Gasteiger partial charge in [-0.1, -0.05) is 57.0 Å². The van der Waals surface area contributed by atoms with Gasteiger partial charge in [-0.3, -0.25) is 0 Å². The Kier molecular flexibility index (Phi) is 8.32. The van der Waals surface area contributed by atoms with Gasteiger partial charge in [0.2, 0.25) is 0 Å². The first-order valence-corrected chi connectivity index (χ1v) is 8.98. The third kappa shape index (κ3) is 6.71. The Morgan fingerprint density at radius 2 is 1.79 bits per heavy atom. The van der Waals surface area contributed by atoms with Gasteiger partial charge in [0.05, 0.1) is 17.8 Å². The molecule has 0 atom stereocenters. The molecule has 1 aromatic carbocycles. The summed E-state index contributed by atoms with van der Waals surface area (Å²) in [7, 11) is 0. The van der Waals surface area contributed by atoms with Gasteiger partial charge in [0.15, 0.2) is 0 Å². The Hall–Kier alpha value is -1.88. The van der Waals surface area contributed by atoms with Gasteiger partial charge in [0, 0.05) is 0 Å². The van der Waals surface area contributed by atoms with Gasteiger partial charge in [0.25, 0.3) is 0 Å². The van der Waals surface area contributed by atoms with E-state index in [2.05, 4.69) is 22.2 Å². The summed E-state index contributed by atoms with van der Waals surface area (Å²) < 4.78 is 7.29. The molecule has 24 heavy (non-hydrogen) atoms. The quantitative estimate of drug-likeness (QED) is 0.426. The van der Waals surface area contributed by atoms with Crippen LogP contribution in [-0.4, -0.2) is 27.7 Å². The van der Waals surface area contributed by atoms with Crippen LogP contribution in [0.5, 0.6) is 5.75 Å². The van der Waals surface area contributed by atoms with E-state index in [0.29, 0.717) is 11.6 Å². The lowest BCUT2D eigenvalue weighted by Gasteiger charge is -2.08. The molecule has 1 heterocycles. The molecule has 0 saturated carbocycles. The number of rotatable bonds is 11. The van der Waals surface area contributed by atoms with Crippen molar-refractivity contribution in [1.29, 1.82) is 0 Å². The standard InChI is InChI=1S/C18H25ClN4O/c1-2-3-4-5-6-7-8-11-24-18-10-9-16(12-17(18)19)13-22-23-14-20-21-15-23/h9-10,12-15H,2-8,11H2,1H3/b22-13-. The molecule has 0 aliphatic heterocycles. The SMILES string of the molecule is CCCCCCCCCOc1ccc(/C=N\n2cnnc2)cc1Cl. The maximum absolute atomic E-state index is 6.27. The monoisotopic (exact) mass is 348 g/mol. The second-order valence-corrected chi connectivity index (χ2v) is 6.15. The highest BCUT2D eigenvalue weighted by molar-refractivity contribution is 6.32. The molecule has 0 bridgehead atoms. The first-order chi connectivity index (χ1) is 11.8. The maximum atomic E-state index is 6.27. The maximum Gasteiger partial charge on any atom is 0.141 e. The van der Waals surface area contributed by atoms with Gasteiger partial charge >= 0.3 is 0 Å². The van der Waals surface area contributed by atoms with E-state index in [1.54, 1.807) is 6.21 Å². The highest BCUT2D eigenvalue weighted by Crippen LogP contribution is 2.25. The Balaban J connectivity index is 1.70. The molecule has 5 nitrogen and oxygen atoms in total. The van der Waals surface area contributed by atoms with Crippen molar-refractivity contribution < 1.29 is 4.74 Å². The van der Waals surface area contributed by atoms with Crippen molar-refractivity contribution in [1.82, 2.24) is 14.9 Å². The van der Waals surface area contributed by atoms with Gasteiger partial charge < -0.3 is 4.74 Å². The molecule has 0 fully saturated rings. The predicted octanol–water partition coefficient (Wildman–Crippen LogP) is 4.94. The predicted molar refractivity (Wildman–Crippen MR) is 98.0 cm³/mol. The fourth-order valence-electron chi connectivity index (χ4n) is 2.34. The second-order valence-electron chi connectivity index (χ2n) is 5.75. The number of nitrogens with zero attached hydrogens (tertiary/aromatic N) is 4. The molecule has 0 radical (unpaired) electrons. The van der Waals surface area contributed by atoms with Crippen molar-refractivity contribution in [3.05, 3.63) is 41.4 Å². The lowest BCUT2D eigenvalue weighted by molar-refractivity contribution is 0.304. The lowest BCUT2D eigenvalue weighted by atomic mass is 10.1. The van der Waals surface area contributed by atoms with E-state index in [0.717, 1.165) is 17.7 Å². The fourth-order valence-corrected chi connectivity index (χ4v) is 2.59. The summed E-state index contributed by atoms with van der Waals surface area (Å²) in [4.78, 5) is 0. The normalized spacial score (nSPS) is 11.2. The molecule has 0 saturated heterocycles. The highest BCUT2D eigenvalue weighted by atomic mass is 35.5. The minimum absolute atomic E-state index is 0.602. The zero-order chi connectivity index (χ0) is 17.0. The van der Waals surface area contributed by atoms with Crippen molar-refractivity contribution in [2.24, 2.45) is 5.10 Å². The molecule has 0 spiro atoms. The molecular weight excluding hydrogens is 324 g/mol. The van der Waals surface area contributed by atoms with Gasteiger partial charge in [-0.15, -0.1) is 10.2 Å². The lowest BCUT2D eigenvalue weighted by Crippen LogP contribution is -1.98. The third-order valence-corrected chi connectivity index (χ3v) is 4.00. The number of hydrogen-bond donors (Lipinski definition) is 0. The van der Waals surface area contributed by atoms with Crippen LogP contribution >= 0.6 is 11.6 Å². The van der Waals surface area contributed by atoms with E-state index in [9.17, 15) is 0 Å². The van der Waals surface area contributed by atoms with Crippen molar-refractivity contribution >= 4 is 17.8 Å². The van der Waals surface area contributed by atoms with E-state index < -0.39 is 0 Å². The summed E-state index contributed by atoms with van der Waals surface area (Å²) in [5.74, 6) is 0.726. The average molecular weight is 349 g/mol. The van der Waals surface area contributed by atoms with Crippen LogP contribution in [0, 0.1) is 0 Å². The summed E-state index contributed by atoms with van der Waals surface area (Å²) in [6.45, 7) is 2.95. The first kappa shape index (κ1) is 18.5. The molecule has 0 N–H and O–H groups in total. The van der Waals surface area contributed by atoms with Crippen molar-refractivity contribution in [3.63, 3.8) is 0 Å². The van der Waals surface area contributed by atoms with E-state index in [-0.39, 0.29) is 0 Å².